The van der Waals surface area contributed by atoms with E-state index >= 15 is 0 Å². The molecule has 0 aromatic rings. The van der Waals surface area contributed by atoms with Crippen LogP contribution in [0.5, 0.6) is 0 Å². The largest absolute Gasteiger partial charge is 0.463 e. The number of hydrogen-bond donors (Lipinski definition) is 11. The summed E-state index contributed by atoms with van der Waals surface area (Å²) in [6.07, 6.45) is 13.6. The van der Waals surface area contributed by atoms with Crippen molar-refractivity contribution in [3.8, 4) is 0 Å². The Balaban J connectivity index is 5.60. The quantitative estimate of drug-likeness (QED) is 0.0300. The molecular formula is C52H104O22. The van der Waals surface area contributed by atoms with Crippen molar-refractivity contribution in [2.24, 2.45) is 0 Å². The number of unbranched alkanes of at least 4 members (excludes halogenated alkanes) is 18. The maximum absolute atomic E-state index is 13.0. The number of hydrogen-bond acceptors (Lipinski definition) is 22. The highest BCUT2D eigenvalue weighted by molar-refractivity contribution is 5.69. The van der Waals surface area contributed by atoms with Crippen LogP contribution in [0.1, 0.15) is 135 Å². The van der Waals surface area contributed by atoms with Crippen molar-refractivity contribution in [3.63, 3.8) is 0 Å². The highest BCUT2D eigenvalue weighted by atomic mass is 16.6. The molecule has 0 fully saturated rings. The number of aliphatic hydroxyl groups is 11. The topological polar surface area (TPSA) is 332 Å². The van der Waals surface area contributed by atoms with Crippen molar-refractivity contribution >= 4 is 5.97 Å². The van der Waals surface area contributed by atoms with E-state index in [0.29, 0.717) is 6.42 Å². The Morgan fingerprint density at radius 1 is 0.297 bits per heavy atom. The van der Waals surface area contributed by atoms with Crippen molar-refractivity contribution in [1.29, 1.82) is 0 Å². The number of carbonyl (C=O) groups is 1. The van der Waals surface area contributed by atoms with E-state index in [0.717, 1.165) is 19.3 Å². The molecule has 444 valence electrons. The van der Waals surface area contributed by atoms with E-state index in [-0.39, 0.29) is 98.9 Å². The average molecular weight is 1080 g/mol. The lowest BCUT2D eigenvalue weighted by Crippen LogP contribution is -2.38. The van der Waals surface area contributed by atoms with E-state index < -0.39 is 107 Å². The van der Waals surface area contributed by atoms with Crippen molar-refractivity contribution in [2.45, 2.75) is 196 Å². The Morgan fingerprint density at radius 3 is 0.892 bits per heavy atom. The molecule has 0 saturated carbocycles. The van der Waals surface area contributed by atoms with E-state index in [4.69, 9.17) is 52.5 Å². The maximum Gasteiger partial charge on any atom is 0.305 e. The van der Waals surface area contributed by atoms with Gasteiger partial charge in [0.2, 0.25) is 0 Å². The number of ether oxygens (including phenoxy) is 10. The predicted octanol–water partition coefficient (Wildman–Crippen LogP) is 1.10. The summed E-state index contributed by atoms with van der Waals surface area (Å²) in [4.78, 5) is 13.0. The van der Waals surface area contributed by atoms with E-state index in [2.05, 4.69) is 6.92 Å². The summed E-state index contributed by atoms with van der Waals surface area (Å²) >= 11 is 0. The van der Waals surface area contributed by atoms with Crippen LogP contribution in [0.2, 0.25) is 0 Å². The molecule has 0 aliphatic rings. The smallest absolute Gasteiger partial charge is 0.305 e. The first-order valence-electron chi connectivity index (χ1n) is 27.5. The third-order valence-corrected chi connectivity index (χ3v) is 11.7. The van der Waals surface area contributed by atoms with E-state index in [1.54, 1.807) is 0 Å². The number of rotatable bonds is 59. The molecule has 0 amide bonds. The van der Waals surface area contributed by atoms with Gasteiger partial charge in [0.05, 0.1) is 126 Å². The van der Waals surface area contributed by atoms with Gasteiger partial charge in [0, 0.05) is 6.42 Å². The Labute approximate surface area is 441 Å². The molecule has 22 heteroatoms. The Kier molecular flexibility index (Phi) is 52.7. The summed E-state index contributed by atoms with van der Waals surface area (Å²) in [5, 5.41) is 105. The third kappa shape index (κ3) is 46.7. The molecule has 10 unspecified atom stereocenters. The molecule has 0 radical (unpaired) electrons. The predicted molar refractivity (Wildman–Crippen MR) is 273 cm³/mol. The molecule has 0 spiro atoms. The maximum atomic E-state index is 13.0. The molecule has 0 aliphatic carbocycles. The van der Waals surface area contributed by atoms with Crippen molar-refractivity contribution in [2.75, 3.05) is 132 Å². The number of carbonyl (C=O) groups excluding carboxylic acids is 1. The summed E-state index contributed by atoms with van der Waals surface area (Å²) < 4.78 is 57.5. The molecule has 10 atom stereocenters. The van der Waals surface area contributed by atoms with Crippen LogP contribution in [0.3, 0.4) is 0 Å². The van der Waals surface area contributed by atoms with Gasteiger partial charge >= 0.3 is 5.97 Å². The normalized spacial score (nSPS) is 16.1. The second-order valence-electron chi connectivity index (χ2n) is 19.1. The minimum atomic E-state index is -1.21. The summed E-state index contributed by atoms with van der Waals surface area (Å²) in [7, 11) is 0. The average Bonchev–Trinajstić information content (AvgIpc) is 3.41. The minimum Gasteiger partial charge on any atom is -0.463 e. The van der Waals surface area contributed by atoms with Crippen molar-refractivity contribution in [3.05, 3.63) is 0 Å². The first-order chi connectivity index (χ1) is 35.9. The van der Waals surface area contributed by atoms with Crippen LogP contribution in [0.25, 0.3) is 0 Å². The molecule has 0 aliphatic heterocycles. The standard InChI is InChI=1S/C52H104O22/c1-2-3-4-5-6-7-8-9-10-11-12-13-14-15-16-17-18-19-20-21-52(64)74-41-51(38-68-35-48(70-31-45(62)25-56)34-65-28-42(59)22-53)73-40-50(37-67-33-47(27-58)69-30-44(61)24-55)72-39-49(71-32-46(63)26-57)36-66-29-43(60)23-54/h42-51,53-63H,2-41H2,1H3. The monoisotopic (exact) mass is 1080 g/mol. The summed E-state index contributed by atoms with van der Waals surface area (Å²) in [6.45, 7) is -3.65. The molecular weight excluding hydrogens is 977 g/mol. The van der Waals surface area contributed by atoms with Crippen LogP contribution in [0, 0.1) is 0 Å². The Bertz CT molecular complexity index is 1170. The number of esters is 1. The van der Waals surface area contributed by atoms with Gasteiger partial charge in [0.1, 0.15) is 67.6 Å². The van der Waals surface area contributed by atoms with Gasteiger partial charge < -0.3 is 104 Å². The minimum absolute atomic E-state index is 0.110. The summed E-state index contributed by atoms with van der Waals surface area (Å²) in [5.74, 6) is -0.422. The fourth-order valence-corrected chi connectivity index (χ4v) is 7.16. The summed E-state index contributed by atoms with van der Waals surface area (Å²) in [6, 6.07) is 0. The fraction of sp³-hybridized carbons (Fsp3) is 0.981. The van der Waals surface area contributed by atoms with Crippen LogP contribution in [-0.2, 0) is 52.2 Å². The van der Waals surface area contributed by atoms with Gasteiger partial charge in [-0.25, -0.2) is 0 Å². The molecule has 22 nitrogen and oxygen atoms in total. The second-order valence-corrected chi connectivity index (χ2v) is 19.1. The zero-order valence-electron chi connectivity index (χ0n) is 45.0. The van der Waals surface area contributed by atoms with Crippen LogP contribution >= 0.6 is 0 Å². The first-order valence-corrected chi connectivity index (χ1v) is 27.5. The Hall–Kier alpha value is -1.33. The van der Waals surface area contributed by atoms with Gasteiger partial charge in [0.15, 0.2) is 0 Å². The molecule has 74 heavy (non-hydrogen) atoms. The first kappa shape index (κ1) is 72.7. The van der Waals surface area contributed by atoms with Gasteiger partial charge in [0.25, 0.3) is 0 Å². The molecule has 11 N–H and O–H groups in total. The number of aliphatic hydroxyl groups excluding tert-OH is 11. The summed E-state index contributed by atoms with van der Waals surface area (Å²) in [5.41, 5.74) is 0. The third-order valence-electron chi connectivity index (χ3n) is 11.7. The highest BCUT2D eigenvalue weighted by Gasteiger charge is 2.23. The lowest BCUT2D eigenvalue weighted by Gasteiger charge is -2.26. The van der Waals surface area contributed by atoms with E-state index in [9.17, 15) is 55.9 Å². The second kappa shape index (κ2) is 53.7. The molecule has 0 aromatic heterocycles. The van der Waals surface area contributed by atoms with Gasteiger partial charge in [-0.05, 0) is 6.42 Å². The zero-order valence-corrected chi connectivity index (χ0v) is 45.0. The van der Waals surface area contributed by atoms with Crippen molar-refractivity contribution in [1.82, 2.24) is 0 Å². The van der Waals surface area contributed by atoms with Gasteiger partial charge in [-0.2, -0.15) is 0 Å². The Morgan fingerprint density at radius 2 is 0.554 bits per heavy atom. The SMILES string of the molecule is CCCCCCCCCCCCCCCCCCCCCC(=O)OCC(COCC(COCC(O)CO)OCC(O)CO)OCC(COCC(CO)OCC(O)CO)OCC(COCC(O)CO)OCC(O)CO. The van der Waals surface area contributed by atoms with Crippen LogP contribution < -0.4 is 0 Å². The molecule has 0 saturated heterocycles. The molecule has 0 bridgehead atoms. The molecule has 0 heterocycles. The van der Waals surface area contributed by atoms with Gasteiger partial charge in [-0.1, -0.05) is 122 Å². The zero-order chi connectivity index (χ0) is 54.7. The lowest BCUT2D eigenvalue weighted by atomic mass is 10.0. The fourth-order valence-electron chi connectivity index (χ4n) is 7.16. The van der Waals surface area contributed by atoms with Gasteiger partial charge in [-0.15, -0.1) is 0 Å². The molecule has 0 aromatic carbocycles. The molecule has 0 rings (SSSR count). The van der Waals surface area contributed by atoms with Crippen molar-refractivity contribution < 1.29 is 108 Å². The van der Waals surface area contributed by atoms with Crippen LogP contribution in [0.15, 0.2) is 0 Å². The lowest BCUT2D eigenvalue weighted by molar-refractivity contribution is -0.160. The van der Waals surface area contributed by atoms with E-state index in [1.807, 2.05) is 0 Å². The van der Waals surface area contributed by atoms with Crippen LogP contribution in [0.4, 0.5) is 0 Å². The van der Waals surface area contributed by atoms with Gasteiger partial charge in [-0.3, -0.25) is 4.79 Å². The van der Waals surface area contributed by atoms with E-state index in [1.165, 1.54) is 96.3 Å². The van der Waals surface area contributed by atoms with Crippen LogP contribution in [-0.4, -0.2) is 255 Å². The highest BCUT2D eigenvalue weighted by Crippen LogP contribution is 2.16.